The summed E-state index contributed by atoms with van der Waals surface area (Å²) in [7, 11) is 1.91. The second-order valence-corrected chi connectivity index (χ2v) is 3.83. The number of anilines is 2. The Kier molecular flexibility index (Phi) is 3.06. The summed E-state index contributed by atoms with van der Waals surface area (Å²) >= 11 is 0. The molecule has 2 aromatic rings. The lowest BCUT2D eigenvalue weighted by molar-refractivity contribution is 1.09. The Labute approximate surface area is 101 Å². The lowest BCUT2D eigenvalue weighted by Gasteiger charge is -2.19. The van der Waals surface area contributed by atoms with E-state index in [9.17, 15) is 0 Å². The Morgan fingerprint density at radius 3 is 2.59 bits per heavy atom. The molecule has 1 aromatic carbocycles. The second-order valence-electron chi connectivity index (χ2n) is 3.83. The van der Waals surface area contributed by atoms with E-state index in [0.717, 1.165) is 17.2 Å². The third kappa shape index (κ3) is 2.26. The standard InChI is InChI=1S/C14H13N3/c1-11-6-5-9-14(16-11)17(2)13-8-4-3-7-12(13)10-15/h3-9H,1-2H3. The fourth-order valence-corrected chi connectivity index (χ4v) is 1.70. The van der Waals surface area contributed by atoms with Crippen LogP contribution in [0.25, 0.3) is 0 Å². The first-order valence-electron chi connectivity index (χ1n) is 5.39. The number of hydrogen-bond donors (Lipinski definition) is 0. The highest BCUT2D eigenvalue weighted by molar-refractivity contribution is 5.66. The monoisotopic (exact) mass is 223 g/mol. The van der Waals surface area contributed by atoms with Crippen molar-refractivity contribution in [1.29, 1.82) is 5.26 Å². The molecule has 0 aliphatic heterocycles. The molecule has 0 bridgehead atoms. The van der Waals surface area contributed by atoms with Crippen LogP contribution in [0.4, 0.5) is 11.5 Å². The van der Waals surface area contributed by atoms with Crippen LogP contribution in [-0.2, 0) is 0 Å². The van der Waals surface area contributed by atoms with Crippen LogP contribution < -0.4 is 4.90 Å². The summed E-state index contributed by atoms with van der Waals surface area (Å²) in [5.74, 6) is 0.840. The number of aryl methyl sites for hydroxylation is 1. The smallest absolute Gasteiger partial charge is 0.132 e. The number of benzene rings is 1. The quantitative estimate of drug-likeness (QED) is 0.785. The van der Waals surface area contributed by atoms with Gasteiger partial charge in [-0.1, -0.05) is 18.2 Å². The highest BCUT2D eigenvalue weighted by Crippen LogP contribution is 2.24. The molecule has 17 heavy (non-hydrogen) atoms. The summed E-state index contributed by atoms with van der Waals surface area (Å²) in [5, 5.41) is 9.07. The molecule has 0 aliphatic rings. The van der Waals surface area contributed by atoms with Crippen LogP contribution in [0, 0.1) is 18.3 Å². The lowest BCUT2D eigenvalue weighted by Crippen LogP contribution is -2.12. The molecular formula is C14H13N3. The van der Waals surface area contributed by atoms with E-state index in [4.69, 9.17) is 5.26 Å². The second kappa shape index (κ2) is 4.67. The molecule has 0 saturated heterocycles. The molecule has 0 aliphatic carbocycles. The average Bonchev–Trinajstić information content (AvgIpc) is 2.38. The Balaban J connectivity index is 2.44. The van der Waals surface area contributed by atoms with Crippen LogP contribution in [0.15, 0.2) is 42.5 Å². The van der Waals surface area contributed by atoms with Crippen LogP contribution in [-0.4, -0.2) is 12.0 Å². The summed E-state index contributed by atoms with van der Waals surface area (Å²) in [6.45, 7) is 1.95. The summed E-state index contributed by atoms with van der Waals surface area (Å²) in [6, 6.07) is 15.5. The SMILES string of the molecule is Cc1cccc(N(C)c2ccccc2C#N)n1. The van der Waals surface area contributed by atoms with Gasteiger partial charge >= 0.3 is 0 Å². The number of nitrogens with zero attached hydrogens (tertiary/aromatic N) is 3. The van der Waals surface area contributed by atoms with Crippen LogP contribution in [0.2, 0.25) is 0 Å². The largest absolute Gasteiger partial charge is 0.328 e. The van der Waals surface area contributed by atoms with Gasteiger partial charge < -0.3 is 4.90 Å². The number of hydrogen-bond acceptors (Lipinski definition) is 3. The third-order valence-corrected chi connectivity index (χ3v) is 2.60. The zero-order valence-corrected chi connectivity index (χ0v) is 9.88. The minimum atomic E-state index is 0.651. The van der Waals surface area contributed by atoms with Gasteiger partial charge in [-0.3, -0.25) is 0 Å². The van der Waals surface area contributed by atoms with Crippen molar-refractivity contribution in [1.82, 2.24) is 4.98 Å². The van der Waals surface area contributed by atoms with Gasteiger partial charge in [0.25, 0.3) is 0 Å². The van der Waals surface area contributed by atoms with Gasteiger partial charge in [-0.15, -0.1) is 0 Å². The first kappa shape index (κ1) is 11.2. The van der Waals surface area contributed by atoms with Crippen LogP contribution in [0.5, 0.6) is 0 Å². The molecule has 0 radical (unpaired) electrons. The Hall–Kier alpha value is -2.34. The van der Waals surface area contributed by atoms with E-state index in [1.165, 1.54) is 0 Å². The van der Waals surface area contributed by atoms with E-state index in [-0.39, 0.29) is 0 Å². The summed E-state index contributed by atoms with van der Waals surface area (Å²) in [5.41, 5.74) is 2.48. The Morgan fingerprint density at radius 1 is 1.12 bits per heavy atom. The van der Waals surface area contributed by atoms with Crippen molar-refractivity contribution in [2.75, 3.05) is 11.9 Å². The highest BCUT2D eigenvalue weighted by Gasteiger charge is 2.09. The zero-order valence-electron chi connectivity index (χ0n) is 9.88. The van der Waals surface area contributed by atoms with E-state index in [1.807, 2.05) is 61.3 Å². The number of aromatic nitrogens is 1. The number of rotatable bonds is 2. The number of pyridine rings is 1. The topological polar surface area (TPSA) is 39.9 Å². The lowest BCUT2D eigenvalue weighted by atomic mass is 10.2. The first-order valence-corrected chi connectivity index (χ1v) is 5.39. The van der Waals surface area contributed by atoms with Gasteiger partial charge in [0.1, 0.15) is 11.9 Å². The van der Waals surface area contributed by atoms with Crippen molar-refractivity contribution >= 4 is 11.5 Å². The molecule has 0 N–H and O–H groups in total. The van der Waals surface area contributed by atoms with Gasteiger partial charge in [0.15, 0.2) is 0 Å². The molecule has 0 atom stereocenters. The fraction of sp³-hybridized carbons (Fsp3) is 0.143. The van der Waals surface area contributed by atoms with Gasteiger partial charge in [-0.05, 0) is 31.2 Å². The molecular weight excluding hydrogens is 210 g/mol. The van der Waals surface area contributed by atoms with Crippen LogP contribution >= 0.6 is 0 Å². The zero-order chi connectivity index (χ0) is 12.3. The summed E-state index contributed by atoms with van der Waals surface area (Å²) < 4.78 is 0. The molecule has 2 rings (SSSR count). The molecule has 0 amide bonds. The van der Waals surface area contributed by atoms with E-state index in [0.29, 0.717) is 5.56 Å². The molecule has 3 heteroatoms. The highest BCUT2D eigenvalue weighted by atomic mass is 15.2. The van der Waals surface area contributed by atoms with Gasteiger partial charge in [-0.25, -0.2) is 4.98 Å². The minimum Gasteiger partial charge on any atom is -0.328 e. The van der Waals surface area contributed by atoms with Crippen molar-refractivity contribution in [3.8, 4) is 6.07 Å². The number of nitriles is 1. The van der Waals surface area contributed by atoms with E-state index >= 15 is 0 Å². The van der Waals surface area contributed by atoms with Gasteiger partial charge in [-0.2, -0.15) is 5.26 Å². The maximum atomic E-state index is 9.07. The van der Waals surface area contributed by atoms with E-state index in [1.54, 1.807) is 0 Å². The first-order chi connectivity index (χ1) is 8.22. The van der Waals surface area contributed by atoms with Crippen molar-refractivity contribution in [2.24, 2.45) is 0 Å². The molecule has 3 nitrogen and oxygen atoms in total. The predicted octanol–water partition coefficient (Wildman–Crippen LogP) is 3.03. The molecule has 84 valence electrons. The van der Waals surface area contributed by atoms with Gasteiger partial charge in [0.2, 0.25) is 0 Å². The van der Waals surface area contributed by atoms with Crippen LogP contribution in [0.3, 0.4) is 0 Å². The van der Waals surface area contributed by atoms with Gasteiger partial charge in [0.05, 0.1) is 11.3 Å². The maximum absolute atomic E-state index is 9.07. The predicted molar refractivity (Wildman–Crippen MR) is 68.2 cm³/mol. The Bertz CT molecular complexity index is 570. The molecule has 0 unspecified atom stereocenters. The van der Waals surface area contributed by atoms with Crippen molar-refractivity contribution < 1.29 is 0 Å². The molecule has 1 heterocycles. The van der Waals surface area contributed by atoms with E-state index < -0.39 is 0 Å². The number of para-hydroxylation sites is 1. The van der Waals surface area contributed by atoms with Crippen molar-refractivity contribution in [2.45, 2.75) is 6.92 Å². The van der Waals surface area contributed by atoms with Crippen molar-refractivity contribution in [3.63, 3.8) is 0 Å². The average molecular weight is 223 g/mol. The molecule has 1 aromatic heterocycles. The normalized spacial score (nSPS) is 9.71. The molecule has 0 fully saturated rings. The third-order valence-electron chi connectivity index (χ3n) is 2.60. The molecule has 0 spiro atoms. The van der Waals surface area contributed by atoms with Crippen molar-refractivity contribution in [3.05, 3.63) is 53.7 Å². The van der Waals surface area contributed by atoms with E-state index in [2.05, 4.69) is 11.1 Å². The van der Waals surface area contributed by atoms with Crippen LogP contribution in [0.1, 0.15) is 11.3 Å². The molecule has 0 saturated carbocycles. The summed E-state index contributed by atoms with van der Waals surface area (Å²) in [4.78, 5) is 6.36. The summed E-state index contributed by atoms with van der Waals surface area (Å²) in [6.07, 6.45) is 0. The maximum Gasteiger partial charge on any atom is 0.132 e. The van der Waals surface area contributed by atoms with Gasteiger partial charge in [0, 0.05) is 12.7 Å². The Morgan fingerprint density at radius 2 is 1.88 bits per heavy atom. The minimum absolute atomic E-state index is 0.651. The fourth-order valence-electron chi connectivity index (χ4n) is 1.70.